The van der Waals surface area contributed by atoms with E-state index >= 15 is 0 Å². The standard InChI is InChI=1S/C28H23N3O2S/c1-17(2)19-13-14-25-24(16-19)30-27(33-25)20-9-5-10-21(15-20)29-28(34)31-26(32)23-12-6-8-18-7-3-4-11-22(18)23/h3-17H,1-2H3,(H2,29,31,32,34). The molecule has 0 radical (unpaired) electrons. The first-order valence-electron chi connectivity index (χ1n) is 11.1. The normalized spacial score (nSPS) is 11.1. The monoisotopic (exact) mass is 465 g/mol. The Kier molecular flexibility index (Phi) is 5.82. The highest BCUT2D eigenvalue weighted by atomic mass is 32.1. The number of carbonyl (C=O) groups excluding carboxylic acids is 1. The van der Waals surface area contributed by atoms with Gasteiger partial charge in [-0.05, 0) is 70.9 Å². The lowest BCUT2D eigenvalue weighted by molar-refractivity contribution is 0.0979. The average Bonchev–Trinajstić information content (AvgIpc) is 3.27. The van der Waals surface area contributed by atoms with Crippen molar-refractivity contribution >= 4 is 50.8 Å². The van der Waals surface area contributed by atoms with Crippen LogP contribution in [0.15, 0.2) is 89.3 Å². The number of benzene rings is 4. The number of fused-ring (bicyclic) bond motifs is 2. The number of rotatable bonds is 4. The Labute approximate surface area is 202 Å². The third kappa shape index (κ3) is 4.40. The number of hydrogen-bond donors (Lipinski definition) is 2. The number of nitrogens with one attached hydrogen (secondary N) is 2. The molecule has 0 spiro atoms. The molecule has 6 heteroatoms. The van der Waals surface area contributed by atoms with Gasteiger partial charge in [0.15, 0.2) is 10.7 Å². The van der Waals surface area contributed by atoms with Gasteiger partial charge in [-0.1, -0.05) is 62.4 Å². The van der Waals surface area contributed by atoms with Crippen LogP contribution in [0.1, 0.15) is 35.7 Å². The molecular formula is C28H23N3O2S. The zero-order chi connectivity index (χ0) is 23.7. The van der Waals surface area contributed by atoms with Gasteiger partial charge in [0.2, 0.25) is 5.89 Å². The maximum absolute atomic E-state index is 12.9. The van der Waals surface area contributed by atoms with Crippen LogP contribution >= 0.6 is 12.2 Å². The van der Waals surface area contributed by atoms with Crippen molar-refractivity contribution in [1.29, 1.82) is 0 Å². The van der Waals surface area contributed by atoms with Crippen molar-refractivity contribution in [2.75, 3.05) is 5.32 Å². The molecule has 4 aromatic carbocycles. The summed E-state index contributed by atoms with van der Waals surface area (Å²) in [4.78, 5) is 17.5. The van der Waals surface area contributed by atoms with E-state index in [1.807, 2.05) is 66.7 Å². The molecule has 5 rings (SSSR count). The highest BCUT2D eigenvalue weighted by molar-refractivity contribution is 7.80. The lowest BCUT2D eigenvalue weighted by Crippen LogP contribution is -2.34. The van der Waals surface area contributed by atoms with Crippen LogP contribution in [0.4, 0.5) is 5.69 Å². The third-order valence-electron chi connectivity index (χ3n) is 5.71. The maximum Gasteiger partial charge on any atom is 0.258 e. The van der Waals surface area contributed by atoms with Crippen molar-refractivity contribution in [2.24, 2.45) is 0 Å². The van der Waals surface area contributed by atoms with Gasteiger partial charge in [0.1, 0.15) is 5.52 Å². The van der Waals surface area contributed by atoms with Gasteiger partial charge < -0.3 is 9.73 Å². The zero-order valence-electron chi connectivity index (χ0n) is 18.8. The van der Waals surface area contributed by atoms with E-state index < -0.39 is 0 Å². The largest absolute Gasteiger partial charge is 0.436 e. The second kappa shape index (κ2) is 9.08. The Bertz CT molecular complexity index is 1530. The van der Waals surface area contributed by atoms with E-state index in [-0.39, 0.29) is 11.0 Å². The summed E-state index contributed by atoms with van der Waals surface area (Å²) in [6, 6.07) is 27.1. The minimum absolute atomic E-state index is 0.217. The number of carbonyl (C=O) groups is 1. The van der Waals surface area contributed by atoms with E-state index in [1.54, 1.807) is 6.07 Å². The van der Waals surface area contributed by atoms with Crippen LogP contribution in [0.25, 0.3) is 33.3 Å². The van der Waals surface area contributed by atoms with Crippen molar-refractivity contribution in [3.8, 4) is 11.5 Å². The van der Waals surface area contributed by atoms with Crippen LogP contribution in [0.3, 0.4) is 0 Å². The lowest BCUT2D eigenvalue weighted by atomic mass is 10.0. The lowest BCUT2D eigenvalue weighted by Gasteiger charge is -2.11. The second-order valence-electron chi connectivity index (χ2n) is 8.42. The molecule has 0 aliphatic rings. The van der Waals surface area contributed by atoms with E-state index in [4.69, 9.17) is 16.6 Å². The van der Waals surface area contributed by atoms with Crippen molar-refractivity contribution in [2.45, 2.75) is 19.8 Å². The molecule has 2 N–H and O–H groups in total. The van der Waals surface area contributed by atoms with Gasteiger partial charge in [0, 0.05) is 16.8 Å². The molecule has 1 aromatic heterocycles. The Balaban J connectivity index is 1.33. The first-order valence-corrected chi connectivity index (χ1v) is 11.5. The van der Waals surface area contributed by atoms with Crippen LogP contribution in [0.2, 0.25) is 0 Å². The minimum atomic E-state index is -0.259. The summed E-state index contributed by atoms with van der Waals surface area (Å²) < 4.78 is 5.97. The fourth-order valence-corrected chi connectivity index (χ4v) is 4.12. The molecule has 1 amide bonds. The molecule has 1 heterocycles. The Morgan fingerprint density at radius 1 is 0.941 bits per heavy atom. The van der Waals surface area contributed by atoms with Gasteiger partial charge in [-0.25, -0.2) is 4.98 Å². The highest BCUT2D eigenvalue weighted by Gasteiger charge is 2.13. The quantitative estimate of drug-likeness (QED) is 0.283. The first-order chi connectivity index (χ1) is 16.5. The molecule has 34 heavy (non-hydrogen) atoms. The van der Waals surface area contributed by atoms with E-state index in [0.717, 1.165) is 33.1 Å². The molecule has 0 saturated carbocycles. The van der Waals surface area contributed by atoms with E-state index in [1.165, 1.54) is 5.56 Å². The third-order valence-corrected chi connectivity index (χ3v) is 5.91. The van der Waals surface area contributed by atoms with Gasteiger partial charge in [-0.2, -0.15) is 0 Å². The number of thiocarbonyl (C=S) groups is 1. The van der Waals surface area contributed by atoms with Crippen molar-refractivity contribution < 1.29 is 9.21 Å². The van der Waals surface area contributed by atoms with Crippen LogP contribution in [-0.4, -0.2) is 16.0 Å². The van der Waals surface area contributed by atoms with E-state index in [2.05, 4.69) is 41.6 Å². The molecule has 0 atom stereocenters. The summed E-state index contributed by atoms with van der Waals surface area (Å²) in [7, 11) is 0. The maximum atomic E-state index is 12.9. The SMILES string of the molecule is CC(C)c1ccc2oc(-c3cccc(NC(=S)NC(=O)c4cccc5ccccc45)c3)nc2c1. The van der Waals surface area contributed by atoms with E-state index in [0.29, 0.717) is 17.4 Å². The molecule has 0 bridgehead atoms. The van der Waals surface area contributed by atoms with Crippen LogP contribution in [0, 0.1) is 0 Å². The molecule has 5 aromatic rings. The van der Waals surface area contributed by atoms with Crippen LogP contribution < -0.4 is 10.6 Å². The van der Waals surface area contributed by atoms with Gasteiger partial charge in [-0.3, -0.25) is 10.1 Å². The second-order valence-corrected chi connectivity index (χ2v) is 8.82. The van der Waals surface area contributed by atoms with Crippen LogP contribution in [0.5, 0.6) is 0 Å². The van der Waals surface area contributed by atoms with E-state index in [9.17, 15) is 4.79 Å². The van der Waals surface area contributed by atoms with Gasteiger partial charge >= 0.3 is 0 Å². The minimum Gasteiger partial charge on any atom is -0.436 e. The van der Waals surface area contributed by atoms with Gasteiger partial charge in [-0.15, -0.1) is 0 Å². The summed E-state index contributed by atoms with van der Waals surface area (Å²) in [6.07, 6.45) is 0. The van der Waals surface area contributed by atoms with Crippen LogP contribution in [-0.2, 0) is 0 Å². The fourth-order valence-electron chi connectivity index (χ4n) is 3.91. The number of anilines is 1. The molecule has 0 aliphatic heterocycles. The molecule has 0 fully saturated rings. The fraction of sp³-hybridized carbons (Fsp3) is 0.107. The number of nitrogens with zero attached hydrogens (tertiary/aromatic N) is 1. The summed E-state index contributed by atoms with van der Waals surface area (Å²) in [6.45, 7) is 4.30. The topological polar surface area (TPSA) is 67.2 Å². The number of hydrogen-bond acceptors (Lipinski definition) is 4. The predicted molar refractivity (Wildman–Crippen MR) is 141 cm³/mol. The van der Waals surface area contributed by atoms with Crippen molar-refractivity contribution in [3.63, 3.8) is 0 Å². The highest BCUT2D eigenvalue weighted by Crippen LogP contribution is 2.28. The Hall–Kier alpha value is -4.03. The van der Waals surface area contributed by atoms with Gasteiger partial charge in [0.25, 0.3) is 5.91 Å². The molecule has 0 saturated heterocycles. The molecule has 5 nitrogen and oxygen atoms in total. The summed E-state index contributed by atoms with van der Waals surface area (Å²) >= 11 is 5.40. The number of amides is 1. The predicted octanol–water partition coefficient (Wildman–Crippen LogP) is 6.90. The molecule has 0 aliphatic carbocycles. The summed E-state index contributed by atoms with van der Waals surface area (Å²) in [5.74, 6) is 0.692. The Morgan fingerprint density at radius 2 is 1.74 bits per heavy atom. The summed E-state index contributed by atoms with van der Waals surface area (Å²) in [5, 5.41) is 7.96. The van der Waals surface area contributed by atoms with Crippen molar-refractivity contribution in [1.82, 2.24) is 10.3 Å². The molecule has 0 unspecified atom stereocenters. The zero-order valence-corrected chi connectivity index (χ0v) is 19.6. The van der Waals surface area contributed by atoms with Gasteiger partial charge in [0.05, 0.1) is 0 Å². The van der Waals surface area contributed by atoms with Crippen molar-refractivity contribution in [3.05, 3.63) is 96.1 Å². The Morgan fingerprint density at radius 3 is 2.59 bits per heavy atom. The summed E-state index contributed by atoms with van der Waals surface area (Å²) in [5.41, 5.74) is 4.91. The number of aromatic nitrogens is 1. The average molecular weight is 466 g/mol. The smallest absolute Gasteiger partial charge is 0.258 e. The molecular weight excluding hydrogens is 442 g/mol. The molecule has 168 valence electrons. The first kappa shape index (κ1) is 21.8. The number of oxazole rings is 1.